The number of amides is 1. The van der Waals surface area contributed by atoms with Gasteiger partial charge in [0.05, 0.1) is 19.8 Å². The van der Waals surface area contributed by atoms with Crippen molar-refractivity contribution < 1.29 is 19.0 Å². The van der Waals surface area contributed by atoms with Crippen molar-refractivity contribution in [3.05, 3.63) is 95.2 Å². The molecule has 1 saturated heterocycles. The number of rotatable bonds is 5. The van der Waals surface area contributed by atoms with Gasteiger partial charge in [-0.1, -0.05) is 6.07 Å². The van der Waals surface area contributed by atoms with Gasteiger partial charge in [-0.25, -0.2) is 4.39 Å². The third-order valence-electron chi connectivity index (χ3n) is 7.45. The molecule has 1 spiro atoms. The lowest BCUT2D eigenvalue weighted by Gasteiger charge is -2.56. The Balaban J connectivity index is 1.42. The number of halogens is 1. The smallest absolute Gasteiger partial charge is 0.254 e. The third kappa shape index (κ3) is 3.65. The number of ether oxygens (including phenoxy) is 1. The van der Waals surface area contributed by atoms with E-state index >= 15 is 0 Å². The molecular formula is C28H27FN4O3. The number of fused-ring (bicyclic) bond motifs is 4. The van der Waals surface area contributed by atoms with Crippen LogP contribution in [0.2, 0.25) is 0 Å². The Morgan fingerprint density at radius 3 is 2.69 bits per heavy atom. The van der Waals surface area contributed by atoms with Crippen molar-refractivity contribution in [1.82, 2.24) is 19.8 Å². The Hall–Kier alpha value is -3.75. The van der Waals surface area contributed by atoms with Crippen LogP contribution in [0.3, 0.4) is 0 Å². The lowest BCUT2D eigenvalue weighted by atomic mass is 9.68. The fraction of sp³-hybridized carbons (Fsp3) is 0.286. The molecule has 1 amide bonds. The second-order valence-electron chi connectivity index (χ2n) is 9.75. The van der Waals surface area contributed by atoms with Crippen LogP contribution in [0.15, 0.2) is 67.0 Å². The Morgan fingerprint density at radius 2 is 2.00 bits per heavy atom. The van der Waals surface area contributed by atoms with Crippen LogP contribution >= 0.6 is 0 Å². The molecule has 2 N–H and O–H groups in total. The number of hydrogen-bond donors (Lipinski definition) is 2. The molecule has 0 saturated carbocycles. The molecular weight excluding hydrogens is 459 g/mol. The summed E-state index contributed by atoms with van der Waals surface area (Å²) in [7, 11) is 1.63. The maximum absolute atomic E-state index is 13.6. The van der Waals surface area contributed by atoms with Gasteiger partial charge in [0.25, 0.3) is 5.91 Å². The maximum Gasteiger partial charge on any atom is 0.254 e. The van der Waals surface area contributed by atoms with E-state index in [9.17, 15) is 14.3 Å². The number of benzene rings is 2. The normalized spacial score (nSPS) is 18.8. The van der Waals surface area contributed by atoms with E-state index in [0.29, 0.717) is 12.1 Å². The van der Waals surface area contributed by atoms with E-state index < -0.39 is 11.9 Å². The van der Waals surface area contributed by atoms with Gasteiger partial charge in [0.1, 0.15) is 11.6 Å². The minimum atomic E-state index is -0.533. The van der Waals surface area contributed by atoms with Gasteiger partial charge < -0.3 is 19.7 Å². The van der Waals surface area contributed by atoms with Crippen LogP contribution in [0, 0.1) is 5.82 Å². The van der Waals surface area contributed by atoms with Crippen molar-refractivity contribution in [2.45, 2.75) is 18.0 Å². The van der Waals surface area contributed by atoms with Crippen molar-refractivity contribution in [3.63, 3.8) is 0 Å². The fourth-order valence-corrected chi connectivity index (χ4v) is 5.91. The molecule has 2 aliphatic heterocycles. The Kier molecular flexibility index (Phi) is 5.50. The summed E-state index contributed by atoms with van der Waals surface area (Å²) in [6.45, 7) is 2.54. The fourth-order valence-electron chi connectivity index (χ4n) is 5.91. The van der Waals surface area contributed by atoms with Gasteiger partial charge in [-0.2, -0.15) is 0 Å². The summed E-state index contributed by atoms with van der Waals surface area (Å²) in [5, 5.41) is 11.5. The lowest BCUT2D eigenvalue weighted by molar-refractivity contribution is -0.00405. The molecule has 0 aliphatic carbocycles. The Labute approximate surface area is 208 Å². The van der Waals surface area contributed by atoms with E-state index in [1.165, 1.54) is 24.3 Å². The minimum absolute atomic E-state index is 0.221. The molecule has 2 aliphatic rings. The maximum atomic E-state index is 13.6. The average Bonchev–Trinajstić information content (AvgIpc) is 3.27. The minimum Gasteiger partial charge on any atom is -0.497 e. The zero-order valence-electron chi connectivity index (χ0n) is 19.9. The summed E-state index contributed by atoms with van der Waals surface area (Å²) in [5.41, 5.74) is 4.16. The third-order valence-corrected chi connectivity index (χ3v) is 7.45. The van der Waals surface area contributed by atoms with Crippen LogP contribution in [0.5, 0.6) is 5.75 Å². The second-order valence-corrected chi connectivity index (χ2v) is 9.75. The number of likely N-dealkylation sites (tertiary alicyclic amines) is 1. The van der Waals surface area contributed by atoms with E-state index in [0.717, 1.165) is 53.1 Å². The first-order chi connectivity index (χ1) is 17.5. The summed E-state index contributed by atoms with van der Waals surface area (Å²) < 4.78 is 19.0. The molecule has 184 valence electrons. The van der Waals surface area contributed by atoms with Crippen molar-refractivity contribution in [3.8, 4) is 5.75 Å². The molecule has 8 heteroatoms. The average molecular weight is 487 g/mol. The highest BCUT2D eigenvalue weighted by Crippen LogP contribution is 2.49. The van der Waals surface area contributed by atoms with Crippen LogP contribution in [0.1, 0.15) is 33.2 Å². The molecule has 1 atom stereocenters. The number of aromatic amines is 1. The first-order valence-electron chi connectivity index (χ1n) is 12.0. The first-order valence-corrected chi connectivity index (χ1v) is 12.0. The largest absolute Gasteiger partial charge is 0.497 e. The molecule has 4 aromatic rings. The van der Waals surface area contributed by atoms with Crippen LogP contribution in [0.25, 0.3) is 10.9 Å². The number of H-pyrrole nitrogens is 1. The van der Waals surface area contributed by atoms with Gasteiger partial charge in [-0.05, 0) is 53.6 Å². The molecule has 7 nitrogen and oxygen atoms in total. The highest BCUT2D eigenvalue weighted by molar-refractivity contribution is 5.96. The SMILES string of the molecule is COc1ccc2c3c([nH]c2c1)[C@@H](CO)N(C(=O)c1ccc(F)cc1)CC31CN(Cc2cccnc2)C1. The van der Waals surface area contributed by atoms with E-state index in [2.05, 4.69) is 27.0 Å². The van der Waals surface area contributed by atoms with Crippen LogP contribution in [-0.2, 0) is 12.0 Å². The molecule has 0 radical (unpaired) electrons. The monoisotopic (exact) mass is 486 g/mol. The Bertz CT molecular complexity index is 1410. The number of nitrogens with zero attached hydrogens (tertiary/aromatic N) is 3. The molecule has 4 heterocycles. The molecule has 2 aromatic carbocycles. The number of pyridine rings is 1. The van der Waals surface area contributed by atoms with E-state index in [1.54, 1.807) is 18.2 Å². The predicted molar refractivity (Wildman–Crippen MR) is 133 cm³/mol. The number of aliphatic hydroxyl groups is 1. The van der Waals surface area contributed by atoms with Crippen molar-refractivity contribution in [1.29, 1.82) is 0 Å². The number of methoxy groups -OCH3 is 1. The van der Waals surface area contributed by atoms with Gasteiger partial charge in [0.2, 0.25) is 0 Å². The number of hydrogen-bond acceptors (Lipinski definition) is 5. The summed E-state index contributed by atoms with van der Waals surface area (Å²) in [4.78, 5) is 25.5. The number of aliphatic hydroxyl groups excluding tert-OH is 1. The van der Waals surface area contributed by atoms with Crippen LogP contribution in [0.4, 0.5) is 4.39 Å². The highest BCUT2D eigenvalue weighted by Gasteiger charge is 2.53. The number of carbonyl (C=O) groups is 1. The summed E-state index contributed by atoms with van der Waals surface area (Å²) >= 11 is 0. The first kappa shape index (κ1) is 22.7. The standard InChI is InChI=1S/C28H27FN4O3/c1-36-21-8-9-22-23(11-21)31-26-24(14-34)33(27(35)19-4-6-20(29)7-5-19)17-28(25(22)26)15-32(16-28)13-18-3-2-10-30-12-18/h2-12,24,31,34H,13-17H2,1H3/t24-/m1/s1. The predicted octanol–water partition coefficient (Wildman–Crippen LogP) is 3.65. The number of aromatic nitrogens is 2. The summed E-state index contributed by atoms with van der Waals surface area (Å²) in [6, 6.07) is 15.0. The van der Waals surface area contributed by atoms with Crippen molar-refractivity contribution in [2.24, 2.45) is 0 Å². The van der Waals surface area contributed by atoms with Gasteiger partial charge in [0, 0.05) is 72.2 Å². The van der Waals surface area contributed by atoms with Crippen LogP contribution < -0.4 is 4.74 Å². The number of nitrogens with one attached hydrogen (secondary N) is 1. The Morgan fingerprint density at radius 1 is 1.19 bits per heavy atom. The molecule has 0 unspecified atom stereocenters. The van der Waals surface area contributed by atoms with E-state index in [4.69, 9.17) is 4.74 Å². The van der Waals surface area contributed by atoms with Crippen LogP contribution in [-0.4, -0.2) is 64.1 Å². The summed E-state index contributed by atoms with van der Waals surface area (Å²) in [6.07, 6.45) is 3.64. The highest BCUT2D eigenvalue weighted by atomic mass is 19.1. The van der Waals surface area contributed by atoms with Gasteiger partial charge in [-0.15, -0.1) is 0 Å². The number of carbonyl (C=O) groups excluding carboxylic acids is 1. The van der Waals surface area contributed by atoms with Crippen molar-refractivity contribution >= 4 is 16.8 Å². The second kappa shape index (κ2) is 8.72. The topological polar surface area (TPSA) is 81.7 Å². The van der Waals surface area contributed by atoms with Gasteiger partial charge in [-0.3, -0.25) is 14.7 Å². The lowest BCUT2D eigenvalue weighted by Crippen LogP contribution is -2.66. The zero-order valence-corrected chi connectivity index (χ0v) is 19.9. The molecule has 6 rings (SSSR count). The van der Waals surface area contributed by atoms with Gasteiger partial charge in [0.15, 0.2) is 0 Å². The molecule has 1 fully saturated rings. The molecule has 2 aromatic heterocycles. The van der Waals surface area contributed by atoms with E-state index in [1.807, 2.05) is 24.4 Å². The van der Waals surface area contributed by atoms with Gasteiger partial charge >= 0.3 is 0 Å². The summed E-state index contributed by atoms with van der Waals surface area (Å²) in [5.74, 6) is 0.125. The zero-order chi connectivity index (χ0) is 24.9. The molecule has 0 bridgehead atoms. The van der Waals surface area contributed by atoms with Crippen molar-refractivity contribution in [2.75, 3.05) is 33.4 Å². The van der Waals surface area contributed by atoms with E-state index in [-0.39, 0.29) is 17.9 Å². The molecule has 36 heavy (non-hydrogen) atoms. The quantitative estimate of drug-likeness (QED) is 0.450.